The monoisotopic (exact) mass is 357 g/mol. The molecular weight excluding hydrogens is 341 g/mol. The van der Waals surface area contributed by atoms with Gasteiger partial charge in [0.25, 0.3) is 5.91 Å². The lowest BCUT2D eigenvalue weighted by molar-refractivity contribution is 0.0784. The number of benzene rings is 1. The molecule has 0 aliphatic heterocycles. The zero-order valence-electron chi connectivity index (χ0n) is 13.8. The molecule has 8 heteroatoms. The van der Waals surface area contributed by atoms with E-state index >= 15 is 0 Å². The summed E-state index contributed by atoms with van der Waals surface area (Å²) in [5, 5.41) is 4.88. The number of nitrogens with zero attached hydrogens (tertiary/aromatic N) is 5. The molecule has 25 heavy (non-hydrogen) atoms. The summed E-state index contributed by atoms with van der Waals surface area (Å²) in [4.78, 5) is 22.2. The summed E-state index contributed by atoms with van der Waals surface area (Å²) in [6.45, 7) is 0.393. The molecule has 0 N–H and O–H groups in total. The molecule has 2 aromatic heterocycles. The van der Waals surface area contributed by atoms with E-state index in [-0.39, 0.29) is 11.7 Å². The molecule has 0 bridgehead atoms. The summed E-state index contributed by atoms with van der Waals surface area (Å²) >= 11 is 1.42. The third kappa shape index (κ3) is 4.03. The van der Waals surface area contributed by atoms with Crippen LogP contribution in [0.2, 0.25) is 0 Å². The van der Waals surface area contributed by atoms with Crippen molar-refractivity contribution in [3.63, 3.8) is 0 Å². The van der Waals surface area contributed by atoms with Crippen molar-refractivity contribution >= 4 is 17.7 Å². The van der Waals surface area contributed by atoms with Crippen molar-refractivity contribution in [3.8, 4) is 5.69 Å². The average Bonchev–Trinajstić information content (AvgIpc) is 3.10. The van der Waals surface area contributed by atoms with Crippen LogP contribution in [0.1, 0.15) is 15.9 Å². The van der Waals surface area contributed by atoms with E-state index in [1.54, 1.807) is 35.0 Å². The average molecular weight is 357 g/mol. The number of carbonyl (C=O) groups excluding carboxylic acids is 1. The van der Waals surface area contributed by atoms with Crippen molar-refractivity contribution in [3.05, 3.63) is 66.0 Å². The van der Waals surface area contributed by atoms with Crippen molar-refractivity contribution in [2.24, 2.45) is 0 Å². The maximum absolute atomic E-state index is 13.0. The summed E-state index contributed by atoms with van der Waals surface area (Å²) in [6, 6.07) is 6.05. The van der Waals surface area contributed by atoms with Crippen molar-refractivity contribution in [1.29, 1.82) is 0 Å². The van der Waals surface area contributed by atoms with Crippen LogP contribution in [0, 0.1) is 5.82 Å². The molecule has 0 unspecified atom stereocenters. The number of carbonyl (C=O) groups is 1. The van der Waals surface area contributed by atoms with Gasteiger partial charge in [-0.25, -0.2) is 19.0 Å². The molecular formula is C17H16FN5OS. The first-order chi connectivity index (χ1) is 12.1. The topological polar surface area (TPSA) is 63.9 Å². The van der Waals surface area contributed by atoms with Gasteiger partial charge in [-0.15, -0.1) is 0 Å². The quantitative estimate of drug-likeness (QED) is 0.519. The summed E-state index contributed by atoms with van der Waals surface area (Å²) in [5.74, 6) is -0.460. The minimum absolute atomic E-state index is 0.165. The van der Waals surface area contributed by atoms with Gasteiger partial charge in [-0.2, -0.15) is 5.10 Å². The molecule has 2 heterocycles. The van der Waals surface area contributed by atoms with Crippen molar-refractivity contribution in [2.45, 2.75) is 11.7 Å². The molecule has 0 saturated heterocycles. The SMILES string of the molecule is CSc1ncc(C(=O)N(C)Cc2cnn(-c3ccc(F)cc3)c2)cn1. The summed E-state index contributed by atoms with van der Waals surface area (Å²) in [5.41, 5.74) is 2.05. The second-order valence-corrected chi connectivity index (χ2v) is 6.16. The fourth-order valence-electron chi connectivity index (χ4n) is 2.27. The van der Waals surface area contributed by atoms with E-state index in [2.05, 4.69) is 15.1 Å². The first kappa shape index (κ1) is 17.1. The van der Waals surface area contributed by atoms with Crippen LogP contribution >= 0.6 is 11.8 Å². The Kier molecular flexibility index (Phi) is 5.08. The number of rotatable bonds is 5. The smallest absolute Gasteiger partial charge is 0.257 e. The maximum atomic E-state index is 13.0. The number of halogens is 1. The molecule has 3 rings (SSSR count). The van der Waals surface area contributed by atoms with Gasteiger partial charge in [0.15, 0.2) is 5.16 Å². The van der Waals surface area contributed by atoms with Gasteiger partial charge in [0.05, 0.1) is 17.4 Å². The zero-order valence-corrected chi connectivity index (χ0v) is 14.6. The number of hydrogen-bond donors (Lipinski definition) is 0. The first-order valence-electron chi connectivity index (χ1n) is 7.48. The summed E-state index contributed by atoms with van der Waals surface area (Å²) in [7, 11) is 1.71. The Morgan fingerprint density at radius 1 is 1.20 bits per heavy atom. The molecule has 0 aliphatic carbocycles. The number of aromatic nitrogens is 4. The Labute approximate surface area is 148 Å². The van der Waals surface area contributed by atoms with Crippen molar-refractivity contribution in [2.75, 3.05) is 13.3 Å². The standard InChI is InChI=1S/C17H16FN5OS/c1-22(16(24)13-8-19-17(25-2)20-9-13)10-12-7-21-23(11-12)15-5-3-14(18)4-6-15/h3-9,11H,10H2,1-2H3. The number of amides is 1. The Balaban J connectivity index is 1.69. The van der Waals surface area contributed by atoms with E-state index in [0.717, 1.165) is 11.3 Å². The van der Waals surface area contributed by atoms with Crippen molar-refractivity contribution in [1.82, 2.24) is 24.6 Å². The van der Waals surface area contributed by atoms with E-state index < -0.39 is 0 Å². The Morgan fingerprint density at radius 3 is 2.52 bits per heavy atom. The summed E-state index contributed by atoms with van der Waals surface area (Å²) in [6.07, 6.45) is 8.42. The zero-order chi connectivity index (χ0) is 17.8. The molecule has 0 aliphatic rings. The highest BCUT2D eigenvalue weighted by Gasteiger charge is 2.14. The lowest BCUT2D eigenvalue weighted by atomic mass is 10.2. The van der Waals surface area contributed by atoms with E-state index in [4.69, 9.17) is 0 Å². The number of thioether (sulfide) groups is 1. The normalized spacial score (nSPS) is 10.7. The molecule has 0 saturated carbocycles. The van der Waals surface area contributed by atoms with E-state index in [0.29, 0.717) is 17.3 Å². The molecule has 6 nitrogen and oxygen atoms in total. The Hall–Kier alpha value is -2.74. The van der Waals surface area contributed by atoms with Gasteiger partial charge in [0, 0.05) is 37.7 Å². The third-order valence-corrected chi connectivity index (χ3v) is 4.13. The van der Waals surface area contributed by atoms with Gasteiger partial charge < -0.3 is 4.90 Å². The highest BCUT2D eigenvalue weighted by Crippen LogP contribution is 2.13. The lowest BCUT2D eigenvalue weighted by Crippen LogP contribution is -2.26. The second-order valence-electron chi connectivity index (χ2n) is 5.39. The predicted molar refractivity (Wildman–Crippen MR) is 93.1 cm³/mol. The van der Waals surface area contributed by atoms with Gasteiger partial charge in [-0.1, -0.05) is 11.8 Å². The largest absolute Gasteiger partial charge is 0.337 e. The van der Waals surface area contributed by atoms with Crippen LogP contribution in [0.3, 0.4) is 0 Å². The maximum Gasteiger partial charge on any atom is 0.257 e. The van der Waals surface area contributed by atoms with Gasteiger partial charge in [0.2, 0.25) is 0 Å². The molecule has 0 fully saturated rings. The molecule has 128 valence electrons. The lowest BCUT2D eigenvalue weighted by Gasteiger charge is -2.15. The van der Waals surface area contributed by atoms with Crippen LogP contribution < -0.4 is 0 Å². The predicted octanol–water partition coefficient (Wildman–Crippen LogP) is 2.80. The molecule has 0 radical (unpaired) electrons. The van der Waals surface area contributed by atoms with Gasteiger partial charge in [-0.05, 0) is 30.5 Å². The van der Waals surface area contributed by atoms with Crippen LogP contribution in [0.5, 0.6) is 0 Å². The highest BCUT2D eigenvalue weighted by atomic mass is 32.2. The molecule has 1 aromatic carbocycles. The minimum atomic E-state index is -0.295. The minimum Gasteiger partial charge on any atom is -0.337 e. The molecule has 1 amide bonds. The van der Waals surface area contributed by atoms with Crippen LogP contribution in [0.4, 0.5) is 4.39 Å². The van der Waals surface area contributed by atoms with E-state index in [9.17, 15) is 9.18 Å². The second kappa shape index (κ2) is 7.43. The third-order valence-electron chi connectivity index (χ3n) is 3.55. The number of hydrogen-bond acceptors (Lipinski definition) is 5. The van der Waals surface area contributed by atoms with Crippen LogP contribution in [-0.2, 0) is 6.54 Å². The highest BCUT2D eigenvalue weighted by molar-refractivity contribution is 7.98. The molecule has 3 aromatic rings. The molecule has 0 atom stereocenters. The Morgan fingerprint density at radius 2 is 1.88 bits per heavy atom. The fourth-order valence-corrected chi connectivity index (χ4v) is 2.59. The van der Waals surface area contributed by atoms with E-state index in [1.807, 2.05) is 12.5 Å². The van der Waals surface area contributed by atoms with Gasteiger partial charge >= 0.3 is 0 Å². The van der Waals surface area contributed by atoms with Crippen LogP contribution in [0.25, 0.3) is 5.69 Å². The van der Waals surface area contributed by atoms with Crippen LogP contribution in [-0.4, -0.2) is 43.9 Å². The van der Waals surface area contributed by atoms with Crippen molar-refractivity contribution < 1.29 is 9.18 Å². The first-order valence-corrected chi connectivity index (χ1v) is 8.70. The fraction of sp³-hybridized carbons (Fsp3) is 0.176. The van der Waals surface area contributed by atoms with E-state index in [1.165, 1.54) is 36.3 Å². The molecule has 0 spiro atoms. The van der Waals surface area contributed by atoms with Gasteiger partial charge in [0.1, 0.15) is 5.82 Å². The van der Waals surface area contributed by atoms with Crippen LogP contribution in [0.15, 0.2) is 54.2 Å². The van der Waals surface area contributed by atoms with Gasteiger partial charge in [-0.3, -0.25) is 4.79 Å². The Bertz CT molecular complexity index is 864. The summed E-state index contributed by atoms with van der Waals surface area (Å²) < 4.78 is 14.6.